The maximum atomic E-state index is 8.54. The quantitative estimate of drug-likeness (QED) is 0.756. The summed E-state index contributed by atoms with van der Waals surface area (Å²) < 4.78 is 0.830. The smallest absolute Gasteiger partial charge is 0.127 e. The normalized spacial score (nSPS) is 10.3. The number of nitrogens with zero attached hydrogens (tertiary/aromatic N) is 1. The lowest BCUT2D eigenvalue weighted by Crippen LogP contribution is -1.92. The number of aromatic nitrogens is 2. The third kappa shape index (κ3) is 1.58. The van der Waals surface area contributed by atoms with Crippen molar-refractivity contribution >= 4 is 15.9 Å². The number of hydrogen-bond donors (Lipinski definition) is 2. The third-order valence-electron chi connectivity index (χ3n) is 1.22. The number of halogens is 1. The molecule has 56 valence electrons. The van der Waals surface area contributed by atoms with Crippen molar-refractivity contribution in [1.82, 2.24) is 9.97 Å². The molecule has 2 N–H and O–H groups in total. The highest BCUT2D eigenvalue weighted by atomic mass is 79.9. The maximum Gasteiger partial charge on any atom is 0.127 e. The topological polar surface area (TPSA) is 48.9 Å². The van der Waals surface area contributed by atoms with E-state index in [9.17, 15) is 0 Å². The first-order valence-electron chi connectivity index (χ1n) is 3.06. The van der Waals surface area contributed by atoms with Gasteiger partial charge in [-0.25, -0.2) is 4.98 Å². The van der Waals surface area contributed by atoms with Crippen LogP contribution in [-0.2, 0) is 6.42 Å². The number of aromatic amines is 1. The van der Waals surface area contributed by atoms with E-state index in [-0.39, 0.29) is 6.61 Å². The second-order valence-corrected chi connectivity index (χ2v) is 2.82. The molecule has 1 aromatic rings. The predicted octanol–water partition coefficient (Wildman–Crippen LogP) is 1.02. The van der Waals surface area contributed by atoms with Gasteiger partial charge in [-0.1, -0.05) is 0 Å². The van der Waals surface area contributed by atoms with Gasteiger partial charge in [-0.3, -0.25) is 0 Å². The van der Waals surface area contributed by atoms with E-state index in [4.69, 9.17) is 5.11 Å². The van der Waals surface area contributed by atoms with Gasteiger partial charge in [0.25, 0.3) is 0 Å². The molecule has 0 spiro atoms. The van der Waals surface area contributed by atoms with Crippen molar-refractivity contribution in [3.05, 3.63) is 16.1 Å². The summed E-state index contributed by atoms with van der Waals surface area (Å²) in [7, 11) is 0. The van der Waals surface area contributed by atoms with E-state index in [1.165, 1.54) is 0 Å². The SMILES string of the molecule is Cc1[nH]c(CCO)nc1Br. The summed E-state index contributed by atoms with van der Waals surface area (Å²) in [5, 5.41) is 8.54. The average Bonchev–Trinajstić information content (AvgIpc) is 2.14. The molecule has 0 amide bonds. The number of rotatable bonds is 2. The van der Waals surface area contributed by atoms with Crippen LogP contribution in [0.15, 0.2) is 4.60 Å². The lowest BCUT2D eigenvalue weighted by molar-refractivity contribution is 0.297. The first kappa shape index (κ1) is 7.75. The third-order valence-corrected chi connectivity index (χ3v) is 2.00. The Morgan fingerprint density at radius 2 is 2.40 bits per heavy atom. The van der Waals surface area contributed by atoms with E-state index >= 15 is 0 Å². The highest BCUT2D eigenvalue weighted by Gasteiger charge is 2.01. The van der Waals surface area contributed by atoms with Crippen LogP contribution in [0.1, 0.15) is 11.5 Å². The summed E-state index contributed by atoms with van der Waals surface area (Å²) in [6.45, 7) is 2.07. The van der Waals surface area contributed by atoms with Gasteiger partial charge in [-0.05, 0) is 22.9 Å². The van der Waals surface area contributed by atoms with Gasteiger partial charge in [0.05, 0.1) is 6.61 Å². The summed E-state index contributed by atoms with van der Waals surface area (Å²) in [5.74, 6) is 0.826. The van der Waals surface area contributed by atoms with Crippen molar-refractivity contribution < 1.29 is 5.11 Å². The molecule has 1 heterocycles. The molecule has 0 unspecified atom stereocenters. The van der Waals surface area contributed by atoms with Gasteiger partial charge in [-0.2, -0.15) is 0 Å². The molecule has 0 aliphatic carbocycles. The van der Waals surface area contributed by atoms with Crippen molar-refractivity contribution in [2.75, 3.05) is 6.61 Å². The van der Waals surface area contributed by atoms with Crippen molar-refractivity contribution in [3.8, 4) is 0 Å². The molecular formula is C6H9BrN2O. The van der Waals surface area contributed by atoms with Crippen molar-refractivity contribution in [3.63, 3.8) is 0 Å². The average molecular weight is 205 g/mol. The molecule has 0 saturated heterocycles. The van der Waals surface area contributed by atoms with Gasteiger partial charge in [0, 0.05) is 12.1 Å². The standard InChI is InChI=1S/C6H9BrN2O/c1-4-6(7)9-5(8-4)2-3-10/h10H,2-3H2,1H3,(H,8,9). The van der Waals surface area contributed by atoms with E-state index in [0.29, 0.717) is 6.42 Å². The first-order chi connectivity index (χ1) is 4.74. The highest BCUT2D eigenvalue weighted by Crippen LogP contribution is 2.11. The van der Waals surface area contributed by atoms with Gasteiger partial charge in [0.1, 0.15) is 10.4 Å². The number of aryl methyl sites for hydroxylation is 1. The van der Waals surface area contributed by atoms with Gasteiger partial charge in [-0.15, -0.1) is 0 Å². The second-order valence-electron chi connectivity index (χ2n) is 2.07. The van der Waals surface area contributed by atoms with Crippen LogP contribution >= 0.6 is 15.9 Å². The Morgan fingerprint density at radius 3 is 2.80 bits per heavy atom. The van der Waals surface area contributed by atoms with E-state index in [2.05, 4.69) is 25.9 Å². The zero-order valence-corrected chi connectivity index (χ0v) is 7.27. The zero-order valence-electron chi connectivity index (χ0n) is 5.69. The minimum atomic E-state index is 0.138. The Labute approximate surface area is 67.6 Å². The number of nitrogens with one attached hydrogen (secondary N) is 1. The molecule has 1 aromatic heterocycles. The molecule has 3 nitrogen and oxygen atoms in total. The minimum absolute atomic E-state index is 0.138. The Kier molecular flexibility index (Phi) is 2.45. The lowest BCUT2D eigenvalue weighted by atomic mass is 10.4. The number of aliphatic hydroxyl groups is 1. The molecule has 0 aliphatic heterocycles. The summed E-state index contributed by atoms with van der Waals surface area (Å²) in [6.07, 6.45) is 0.590. The van der Waals surface area contributed by atoms with Crippen LogP contribution in [0.2, 0.25) is 0 Å². The Hall–Kier alpha value is -0.350. The zero-order chi connectivity index (χ0) is 7.56. The molecule has 4 heteroatoms. The van der Waals surface area contributed by atoms with Crippen molar-refractivity contribution in [2.45, 2.75) is 13.3 Å². The van der Waals surface area contributed by atoms with Crippen LogP contribution < -0.4 is 0 Å². The van der Waals surface area contributed by atoms with Gasteiger partial charge < -0.3 is 10.1 Å². The Bertz CT molecular complexity index is 202. The number of H-pyrrole nitrogens is 1. The summed E-state index contributed by atoms with van der Waals surface area (Å²) in [5.41, 5.74) is 1.00. The van der Waals surface area contributed by atoms with E-state index in [1.807, 2.05) is 6.92 Å². The Balaban J connectivity index is 2.77. The maximum absolute atomic E-state index is 8.54. The molecule has 0 radical (unpaired) electrons. The largest absolute Gasteiger partial charge is 0.396 e. The Morgan fingerprint density at radius 1 is 1.70 bits per heavy atom. The second kappa shape index (κ2) is 3.16. The molecule has 0 bridgehead atoms. The summed E-state index contributed by atoms with van der Waals surface area (Å²) in [6, 6.07) is 0. The van der Waals surface area contributed by atoms with Crippen LogP contribution in [0, 0.1) is 6.92 Å². The van der Waals surface area contributed by atoms with Crippen molar-refractivity contribution in [2.24, 2.45) is 0 Å². The predicted molar refractivity (Wildman–Crippen MR) is 41.8 cm³/mol. The van der Waals surface area contributed by atoms with E-state index < -0.39 is 0 Å². The molecular weight excluding hydrogens is 196 g/mol. The lowest BCUT2D eigenvalue weighted by Gasteiger charge is -1.86. The summed E-state index contributed by atoms with van der Waals surface area (Å²) in [4.78, 5) is 7.13. The van der Waals surface area contributed by atoms with E-state index in [0.717, 1.165) is 16.1 Å². The van der Waals surface area contributed by atoms with Crippen LogP contribution in [0.25, 0.3) is 0 Å². The fourth-order valence-corrected chi connectivity index (χ4v) is 1.04. The molecule has 0 fully saturated rings. The highest BCUT2D eigenvalue weighted by molar-refractivity contribution is 9.10. The first-order valence-corrected chi connectivity index (χ1v) is 3.85. The van der Waals surface area contributed by atoms with Crippen molar-refractivity contribution in [1.29, 1.82) is 0 Å². The molecule has 1 rings (SSSR count). The number of aliphatic hydroxyl groups excluding tert-OH is 1. The summed E-state index contributed by atoms with van der Waals surface area (Å²) >= 11 is 3.26. The monoisotopic (exact) mass is 204 g/mol. The van der Waals surface area contributed by atoms with Gasteiger partial charge in [0.2, 0.25) is 0 Å². The van der Waals surface area contributed by atoms with E-state index in [1.54, 1.807) is 0 Å². The van der Waals surface area contributed by atoms with Crippen LogP contribution in [0.5, 0.6) is 0 Å². The molecule has 0 saturated carbocycles. The van der Waals surface area contributed by atoms with Gasteiger partial charge in [0.15, 0.2) is 0 Å². The van der Waals surface area contributed by atoms with Crippen LogP contribution in [0.3, 0.4) is 0 Å². The molecule has 0 aromatic carbocycles. The fourth-order valence-electron chi connectivity index (χ4n) is 0.723. The van der Waals surface area contributed by atoms with Gasteiger partial charge >= 0.3 is 0 Å². The molecule has 0 aliphatic rings. The van der Waals surface area contributed by atoms with Crippen LogP contribution in [0.4, 0.5) is 0 Å². The van der Waals surface area contributed by atoms with Crippen LogP contribution in [-0.4, -0.2) is 21.7 Å². The number of imidazole rings is 1. The number of hydrogen-bond acceptors (Lipinski definition) is 2. The fraction of sp³-hybridized carbons (Fsp3) is 0.500. The molecule has 10 heavy (non-hydrogen) atoms. The molecule has 0 atom stereocenters. The minimum Gasteiger partial charge on any atom is -0.396 e.